The predicted octanol–water partition coefficient (Wildman–Crippen LogP) is 4.32. The zero-order valence-electron chi connectivity index (χ0n) is 14.7. The monoisotopic (exact) mass is 376 g/mol. The predicted molar refractivity (Wildman–Crippen MR) is 112 cm³/mol. The van der Waals surface area contributed by atoms with Gasteiger partial charge in [0.25, 0.3) is 0 Å². The molecule has 2 N–H and O–H groups in total. The third kappa shape index (κ3) is 5.94. The summed E-state index contributed by atoms with van der Waals surface area (Å²) in [5, 5.41) is 5.98. The van der Waals surface area contributed by atoms with E-state index in [0.29, 0.717) is 18.0 Å². The number of carbonyl (C=O) groups excluding carboxylic acids is 1. The Balaban J connectivity index is 1.56. The Labute approximate surface area is 164 Å². The van der Waals surface area contributed by atoms with Crippen LogP contribution in [0.3, 0.4) is 0 Å². The molecule has 0 bridgehead atoms. The average Bonchev–Trinajstić information content (AvgIpc) is 2.68. The lowest BCUT2D eigenvalue weighted by molar-refractivity contribution is -0.119. The van der Waals surface area contributed by atoms with Gasteiger partial charge in [0, 0.05) is 0 Å². The van der Waals surface area contributed by atoms with Crippen molar-refractivity contribution in [2.24, 2.45) is 0 Å². The van der Waals surface area contributed by atoms with Gasteiger partial charge in [-0.15, -0.1) is 0 Å². The number of rotatable bonds is 6. The normalized spacial score (nSPS) is 10.1. The fourth-order valence-electron chi connectivity index (χ4n) is 2.54. The molecule has 4 nitrogen and oxygen atoms in total. The minimum Gasteiger partial charge on any atom is -0.487 e. The van der Waals surface area contributed by atoms with Crippen LogP contribution < -0.4 is 15.4 Å². The van der Waals surface area contributed by atoms with E-state index in [4.69, 9.17) is 17.0 Å². The summed E-state index contributed by atoms with van der Waals surface area (Å²) in [5.74, 6) is 0.502. The third-order valence-corrected chi connectivity index (χ3v) is 4.04. The highest BCUT2D eigenvalue weighted by Gasteiger charge is 2.09. The van der Waals surface area contributed by atoms with E-state index in [0.717, 1.165) is 11.1 Å². The fourth-order valence-corrected chi connectivity index (χ4v) is 2.76. The van der Waals surface area contributed by atoms with Crippen molar-refractivity contribution < 1.29 is 9.53 Å². The maximum atomic E-state index is 12.1. The molecule has 3 aromatic rings. The van der Waals surface area contributed by atoms with E-state index in [1.807, 2.05) is 84.9 Å². The summed E-state index contributed by atoms with van der Waals surface area (Å²) in [6, 6.07) is 26.9. The minimum atomic E-state index is -0.165. The second kappa shape index (κ2) is 9.50. The number of carbonyl (C=O) groups is 1. The summed E-state index contributed by atoms with van der Waals surface area (Å²) >= 11 is 5.27. The summed E-state index contributed by atoms with van der Waals surface area (Å²) in [6.45, 7) is 0.451. The highest BCUT2D eigenvalue weighted by Crippen LogP contribution is 2.24. The highest BCUT2D eigenvalue weighted by atomic mass is 32.1. The third-order valence-electron chi connectivity index (χ3n) is 3.83. The molecule has 0 aliphatic carbocycles. The fraction of sp³-hybridized carbons (Fsp3) is 0.0909. The van der Waals surface area contributed by atoms with Crippen molar-refractivity contribution in [3.05, 3.63) is 96.1 Å². The van der Waals surface area contributed by atoms with Crippen LogP contribution in [0.2, 0.25) is 0 Å². The first-order chi connectivity index (χ1) is 13.2. The quantitative estimate of drug-likeness (QED) is 0.629. The molecular weight excluding hydrogens is 356 g/mol. The largest absolute Gasteiger partial charge is 0.487 e. The molecule has 0 saturated carbocycles. The first kappa shape index (κ1) is 18.6. The van der Waals surface area contributed by atoms with Crippen LogP contribution in [0.15, 0.2) is 84.9 Å². The van der Waals surface area contributed by atoms with Gasteiger partial charge in [0.15, 0.2) is 5.11 Å². The van der Waals surface area contributed by atoms with Gasteiger partial charge in [-0.25, -0.2) is 0 Å². The summed E-state index contributed by atoms with van der Waals surface area (Å²) in [4.78, 5) is 12.1. The molecule has 0 fully saturated rings. The summed E-state index contributed by atoms with van der Waals surface area (Å²) < 4.78 is 5.89. The Kier molecular flexibility index (Phi) is 6.55. The van der Waals surface area contributed by atoms with Gasteiger partial charge < -0.3 is 15.4 Å². The van der Waals surface area contributed by atoms with E-state index in [2.05, 4.69) is 10.6 Å². The van der Waals surface area contributed by atoms with Gasteiger partial charge in [0.05, 0.1) is 12.1 Å². The van der Waals surface area contributed by atoms with Gasteiger partial charge in [0.1, 0.15) is 12.4 Å². The van der Waals surface area contributed by atoms with Gasteiger partial charge in [-0.1, -0.05) is 72.8 Å². The SMILES string of the molecule is O=C(Cc1ccccc1)NC(=S)Nc1ccccc1OCc1ccccc1. The van der Waals surface area contributed by atoms with Crippen molar-refractivity contribution in [1.29, 1.82) is 0 Å². The van der Waals surface area contributed by atoms with Crippen LogP contribution in [0.25, 0.3) is 0 Å². The second-order valence-electron chi connectivity index (χ2n) is 5.94. The molecule has 3 aromatic carbocycles. The topological polar surface area (TPSA) is 50.4 Å². The van der Waals surface area contributed by atoms with Crippen molar-refractivity contribution in [1.82, 2.24) is 5.32 Å². The second-order valence-corrected chi connectivity index (χ2v) is 6.34. The van der Waals surface area contributed by atoms with Gasteiger partial charge >= 0.3 is 0 Å². The summed E-state index contributed by atoms with van der Waals surface area (Å²) in [6.07, 6.45) is 0.273. The zero-order valence-corrected chi connectivity index (χ0v) is 15.5. The van der Waals surface area contributed by atoms with Crippen molar-refractivity contribution in [3.63, 3.8) is 0 Å². The number of hydrogen-bond donors (Lipinski definition) is 2. The summed E-state index contributed by atoms with van der Waals surface area (Å²) in [5.41, 5.74) is 2.72. The molecule has 0 saturated heterocycles. The number of benzene rings is 3. The van der Waals surface area contributed by atoms with E-state index < -0.39 is 0 Å². The Bertz CT molecular complexity index is 898. The maximum Gasteiger partial charge on any atom is 0.230 e. The molecule has 3 rings (SSSR count). The van der Waals surface area contributed by atoms with Gasteiger partial charge in [-0.2, -0.15) is 0 Å². The molecule has 5 heteroatoms. The van der Waals surface area contributed by atoms with Crippen molar-refractivity contribution in [3.8, 4) is 5.75 Å². The molecule has 0 unspecified atom stereocenters. The van der Waals surface area contributed by atoms with Gasteiger partial charge in [-0.05, 0) is 35.5 Å². The molecular formula is C22H20N2O2S. The van der Waals surface area contributed by atoms with Crippen molar-refractivity contribution in [2.45, 2.75) is 13.0 Å². The molecule has 27 heavy (non-hydrogen) atoms. The number of ether oxygens (including phenoxy) is 1. The molecule has 0 spiro atoms. The van der Waals surface area contributed by atoms with E-state index in [-0.39, 0.29) is 17.4 Å². The van der Waals surface area contributed by atoms with Crippen LogP contribution in [-0.2, 0) is 17.8 Å². The van der Waals surface area contributed by atoms with Crippen molar-refractivity contribution >= 4 is 28.9 Å². The lowest BCUT2D eigenvalue weighted by atomic mass is 10.1. The number of anilines is 1. The lowest BCUT2D eigenvalue weighted by Gasteiger charge is -2.14. The Morgan fingerprint density at radius 3 is 2.11 bits per heavy atom. The van der Waals surface area contributed by atoms with Crippen LogP contribution in [0.4, 0.5) is 5.69 Å². The number of nitrogens with one attached hydrogen (secondary N) is 2. The molecule has 1 amide bonds. The van der Waals surface area contributed by atoms with E-state index in [9.17, 15) is 4.79 Å². The standard InChI is InChI=1S/C22H20N2O2S/c25-21(15-17-9-3-1-4-10-17)24-22(27)23-19-13-7-8-14-20(19)26-16-18-11-5-2-6-12-18/h1-14H,15-16H2,(H2,23,24,25,27). The Morgan fingerprint density at radius 2 is 1.41 bits per heavy atom. The molecule has 136 valence electrons. The number of para-hydroxylation sites is 2. The minimum absolute atomic E-state index is 0.165. The maximum absolute atomic E-state index is 12.1. The molecule has 0 aromatic heterocycles. The van der Waals surface area contributed by atoms with Crippen LogP contribution in [-0.4, -0.2) is 11.0 Å². The van der Waals surface area contributed by atoms with Crippen LogP contribution in [0, 0.1) is 0 Å². The number of amides is 1. The molecule has 0 aliphatic rings. The van der Waals surface area contributed by atoms with E-state index in [1.54, 1.807) is 0 Å². The number of thiocarbonyl (C=S) groups is 1. The number of hydrogen-bond acceptors (Lipinski definition) is 3. The van der Waals surface area contributed by atoms with Crippen LogP contribution in [0.5, 0.6) is 5.75 Å². The molecule has 0 atom stereocenters. The average molecular weight is 376 g/mol. The Hall–Kier alpha value is -3.18. The molecule has 0 heterocycles. The first-order valence-corrected chi connectivity index (χ1v) is 9.02. The Morgan fingerprint density at radius 1 is 0.815 bits per heavy atom. The lowest BCUT2D eigenvalue weighted by Crippen LogP contribution is -2.35. The van der Waals surface area contributed by atoms with Crippen molar-refractivity contribution in [2.75, 3.05) is 5.32 Å². The van der Waals surface area contributed by atoms with Gasteiger partial charge in [0.2, 0.25) is 5.91 Å². The van der Waals surface area contributed by atoms with Crippen LogP contribution in [0.1, 0.15) is 11.1 Å². The smallest absolute Gasteiger partial charge is 0.230 e. The van der Waals surface area contributed by atoms with E-state index in [1.165, 1.54) is 0 Å². The summed E-state index contributed by atoms with van der Waals surface area (Å²) in [7, 11) is 0. The van der Waals surface area contributed by atoms with Gasteiger partial charge in [-0.3, -0.25) is 4.79 Å². The van der Waals surface area contributed by atoms with E-state index >= 15 is 0 Å². The first-order valence-electron chi connectivity index (χ1n) is 8.61. The highest BCUT2D eigenvalue weighted by molar-refractivity contribution is 7.80. The molecule has 0 radical (unpaired) electrons. The van der Waals surface area contributed by atoms with Crippen LogP contribution >= 0.6 is 12.2 Å². The molecule has 0 aliphatic heterocycles. The zero-order chi connectivity index (χ0) is 18.9.